The van der Waals surface area contributed by atoms with E-state index in [1.165, 1.54) is 12.8 Å². The van der Waals surface area contributed by atoms with Gasteiger partial charge in [-0.15, -0.1) is 0 Å². The predicted octanol–water partition coefficient (Wildman–Crippen LogP) is 2.36. The summed E-state index contributed by atoms with van der Waals surface area (Å²) in [7, 11) is 0. The number of nitrogens with one attached hydrogen (secondary N) is 1. The van der Waals surface area contributed by atoms with Crippen LogP contribution in [0.15, 0.2) is 30.3 Å². The summed E-state index contributed by atoms with van der Waals surface area (Å²) in [5.74, 6) is 0.167. The first-order valence-electron chi connectivity index (χ1n) is 6.72. The highest BCUT2D eigenvalue weighted by atomic mass is 32.1. The Kier molecular flexibility index (Phi) is 4.53. The topological polar surface area (TPSA) is 55.1 Å². The smallest absolute Gasteiger partial charge is 0.234 e. The maximum atomic E-state index is 12.3. The van der Waals surface area contributed by atoms with E-state index in [0.29, 0.717) is 0 Å². The molecule has 1 aliphatic carbocycles. The predicted molar refractivity (Wildman–Crippen MR) is 80.9 cm³/mol. The lowest BCUT2D eigenvalue weighted by Crippen LogP contribution is -2.40. The Morgan fingerprint density at radius 3 is 2.58 bits per heavy atom. The fourth-order valence-electron chi connectivity index (χ4n) is 2.33. The third-order valence-electron chi connectivity index (χ3n) is 3.45. The highest BCUT2D eigenvalue weighted by Crippen LogP contribution is 2.33. The van der Waals surface area contributed by atoms with Gasteiger partial charge in [0.25, 0.3) is 0 Å². The van der Waals surface area contributed by atoms with Crippen molar-refractivity contribution in [1.29, 1.82) is 0 Å². The standard InChI is InChI=1S/C15H20N2OS/c1-10(9-11-7-8-11)17-15(18)13(14(16)19)12-5-3-2-4-6-12/h2-6,10-11,13H,7-9H2,1H3,(H2,16,19)(H,17,18). The number of rotatable bonds is 6. The Labute approximate surface area is 119 Å². The summed E-state index contributed by atoms with van der Waals surface area (Å²) in [5, 5.41) is 3.02. The van der Waals surface area contributed by atoms with Gasteiger partial charge >= 0.3 is 0 Å². The van der Waals surface area contributed by atoms with Crippen LogP contribution in [0.1, 0.15) is 37.7 Å². The Hall–Kier alpha value is -1.42. The molecule has 1 aromatic rings. The molecule has 19 heavy (non-hydrogen) atoms. The molecule has 0 heterocycles. The van der Waals surface area contributed by atoms with Crippen LogP contribution in [-0.2, 0) is 4.79 Å². The fraction of sp³-hybridized carbons (Fsp3) is 0.467. The van der Waals surface area contributed by atoms with E-state index in [-0.39, 0.29) is 16.9 Å². The molecule has 0 radical (unpaired) electrons. The van der Waals surface area contributed by atoms with E-state index in [9.17, 15) is 4.79 Å². The number of thiocarbonyl (C=S) groups is 1. The number of carbonyl (C=O) groups excluding carboxylic acids is 1. The van der Waals surface area contributed by atoms with E-state index in [2.05, 4.69) is 5.32 Å². The van der Waals surface area contributed by atoms with Crippen molar-refractivity contribution in [3.8, 4) is 0 Å². The van der Waals surface area contributed by atoms with Crippen LogP contribution in [0.25, 0.3) is 0 Å². The van der Waals surface area contributed by atoms with E-state index in [0.717, 1.165) is 17.9 Å². The molecular weight excluding hydrogens is 256 g/mol. The molecule has 3 N–H and O–H groups in total. The van der Waals surface area contributed by atoms with Gasteiger partial charge in [-0.2, -0.15) is 0 Å². The molecule has 4 heteroatoms. The van der Waals surface area contributed by atoms with Gasteiger partial charge in [-0.05, 0) is 24.8 Å². The maximum absolute atomic E-state index is 12.3. The summed E-state index contributed by atoms with van der Waals surface area (Å²) in [5.41, 5.74) is 6.58. The lowest BCUT2D eigenvalue weighted by atomic mass is 9.97. The second-order valence-corrected chi connectivity index (χ2v) is 5.81. The number of carbonyl (C=O) groups is 1. The van der Waals surface area contributed by atoms with Crippen LogP contribution in [-0.4, -0.2) is 16.9 Å². The Morgan fingerprint density at radius 1 is 1.42 bits per heavy atom. The largest absolute Gasteiger partial charge is 0.392 e. The second-order valence-electron chi connectivity index (χ2n) is 5.33. The zero-order valence-electron chi connectivity index (χ0n) is 11.1. The summed E-state index contributed by atoms with van der Waals surface area (Å²) in [6.07, 6.45) is 3.62. The molecule has 2 unspecified atom stereocenters. The Morgan fingerprint density at radius 2 is 2.05 bits per heavy atom. The molecule has 1 fully saturated rings. The minimum Gasteiger partial charge on any atom is -0.392 e. The first-order valence-corrected chi connectivity index (χ1v) is 7.13. The number of amides is 1. The summed E-state index contributed by atoms with van der Waals surface area (Å²) in [4.78, 5) is 12.5. The van der Waals surface area contributed by atoms with E-state index >= 15 is 0 Å². The van der Waals surface area contributed by atoms with Gasteiger partial charge < -0.3 is 11.1 Å². The molecule has 2 rings (SSSR count). The Balaban J connectivity index is 2.02. The monoisotopic (exact) mass is 276 g/mol. The molecule has 0 aromatic heterocycles. The molecule has 0 saturated heterocycles. The zero-order valence-corrected chi connectivity index (χ0v) is 12.0. The minimum atomic E-state index is -0.530. The van der Waals surface area contributed by atoms with Crippen molar-refractivity contribution >= 4 is 23.1 Å². The molecule has 1 aromatic carbocycles. The van der Waals surface area contributed by atoms with Crippen molar-refractivity contribution in [2.75, 3.05) is 0 Å². The molecule has 3 nitrogen and oxygen atoms in total. The van der Waals surface area contributed by atoms with Crippen molar-refractivity contribution in [2.45, 2.75) is 38.1 Å². The summed E-state index contributed by atoms with van der Waals surface area (Å²) in [6.45, 7) is 2.04. The van der Waals surface area contributed by atoms with Crippen LogP contribution in [0.2, 0.25) is 0 Å². The second kappa shape index (κ2) is 6.15. The third kappa shape index (κ3) is 4.03. The molecule has 102 valence electrons. The van der Waals surface area contributed by atoms with Gasteiger partial charge in [0.2, 0.25) is 5.91 Å². The third-order valence-corrected chi connectivity index (χ3v) is 3.69. The molecule has 0 bridgehead atoms. The van der Waals surface area contributed by atoms with Crippen molar-refractivity contribution in [2.24, 2.45) is 11.7 Å². The highest BCUT2D eigenvalue weighted by Gasteiger charge is 2.27. The van der Waals surface area contributed by atoms with Crippen molar-refractivity contribution in [1.82, 2.24) is 5.32 Å². The average Bonchev–Trinajstić information content (AvgIpc) is 3.13. The minimum absolute atomic E-state index is 0.0909. The number of hydrogen-bond acceptors (Lipinski definition) is 2. The van der Waals surface area contributed by atoms with Gasteiger partial charge in [0.1, 0.15) is 5.92 Å². The highest BCUT2D eigenvalue weighted by molar-refractivity contribution is 7.80. The molecule has 2 atom stereocenters. The van der Waals surface area contributed by atoms with Crippen LogP contribution in [0.3, 0.4) is 0 Å². The summed E-state index contributed by atoms with van der Waals surface area (Å²) < 4.78 is 0. The lowest BCUT2D eigenvalue weighted by Gasteiger charge is -2.19. The van der Waals surface area contributed by atoms with Crippen LogP contribution in [0.5, 0.6) is 0 Å². The molecule has 1 amide bonds. The van der Waals surface area contributed by atoms with E-state index < -0.39 is 5.92 Å². The summed E-state index contributed by atoms with van der Waals surface area (Å²) in [6, 6.07) is 9.64. The average molecular weight is 276 g/mol. The van der Waals surface area contributed by atoms with Gasteiger partial charge in [0.15, 0.2) is 0 Å². The van der Waals surface area contributed by atoms with E-state index in [1.54, 1.807) is 0 Å². The van der Waals surface area contributed by atoms with Crippen LogP contribution >= 0.6 is 12.2 Å². The molecule has 1 aliphatic rings. The molecule has 1 saturated carbocycles. The first kappa shape index (κ1) is 14.0. The van der Waals surface area contributed by atoms with Gasteiger partial charge in [0.05, 0.1) is 4.99 Å². The van der Waals surface area contributed by atoms with Crippen LogP contribution in [0, 0.1) is 5.92 Å². The van der Waals surface area contributed by atoms with E-state index in [4.69, 9.17) is 18.0 Å². The Bertz CT molecular complexity index is 456. The van der Waals surface area contributed by atoms with Crippen LogP contribution < -0.4 is 11.1 Å². The van der Waals surface area contributed by atoms with Crippen LogP contribution in [0.4, 0.5) is 0 Å². The molecular formula is C15H20N2OS. The quantitative estimate of drug-likeness (QED) is 0.784. The number of nitrogens with two attached hydrogens (primary N) is 1. The van der Waals surface area contributed by atoms with Gasteiger partial charge in [-0.3, -0.25) is 4.79 Å². The van der Waals surface area contributed by atoms with Gasteiger partial charge in [-0.25, -0.2) is 0 Å². The van der Waals surface area contributed by atoms with Crippen molar-refractivity contribution in [3.63, 3.8) is 0 Å². The maximum Gasteiger partial charge on any atom is 0.234 e. The van der Waals surface area contributed by atoms with Crippen molar-refractivity contribution in [3.05, 3.63) is 35.9 Å². The SMILES string of the molecule is CC(CC1CC1)NC(=O)C(C(N)=S)c1ccccc1. The van der Waals surface area contributed by atoms with Gasteiger partial charge in [0, 0.05) is 6.04 Å². The molecule has 0 spiro atoms. The fourth-order valence-corrected chi connectivity index (χ4v) is 2.57. The first-order chi connectivity index (χ1) is 9.08. The van der Waals surface area contributed by atoms with E-state index in [1.807, 2.05) is 37.3 Å². The lowest BCUT2D eigenvalue weighted by molar-refractivity contribution is -0.121. The number of benzene rings is 1. The normalized spacial score (nSPS) is 17.5. The van der Waals surface area contributed by atoms with Crippen molar-refractivity contribution < 1.29 is 4.79 Å². The molecule has 0 aliphatic heterocycles. The summed E-state index contributed by atoms with van der Waals surface area (Å²) >= 11 is 5.05. The van der Waals surface area contributed by atoms with Gasteiger partial charge in [-0.1, -0.05) is 55.4 Å². The zero-order chi connectivity index (χ0) is 13.8. The number of hydrogen-bond donors (Lipinski definition) is 2.